The molecule has 1 fully saturated rings. The summed E-state index contributed by atoms with van der Waals surface area (Å²) in [6, 6.07) is 7.90. The van der Waals surface area contributed by atoms with Gasteiger partial charge >= 0.3 is 0 Å². The lowest BCUT2D eigenvalue weighted by Gasteiger charge is -2.35. The van der Waals surface area contributed by atoms with Gasteiger partial charge in [0.05, 0.1) is 6.10 Å². The fourth-order valence-electron chi connectivity index (χ4n) is 3.14. The van der Waals surface area contributed by atoms with Crippen LogP contribution in [0.15, 0.2) is 28.8 Å². The molecule has 0 unspecified atom stereocenters. The third-order valence-electron chi connectivity index (χ3n) is 4.87. The van der Waals surface area contributed by atoms with Crippen molar-refractivity contribution < 1.29 is 19.5 Å². The van der Waals surface area contributed by atoms with Gasteiger partial charge < -0.3 is 19.6 Å². The van der Waals surface area contributed by atoms with Crippen molar-refractivity contribution in [3.63, 3.8) is 0 Å². The van der Waals surface area contributed by atoms with E-state index in [-0.39, 0.29) is 18.4 Å². The molecule has 140 valence electrons. The molecule has 0 bridgehead atoms. The van der Waals surface area contributed by atoms with Gasteiger partial charge in [0.2, 0.25) is 17.6 Å². The van der Waals surface area contributed by atoms with E-state index in [0.29, 0.717) is 50.5 Å². The van der Waals surface area contributed by atoms with Crippen LogP contribution in [0.25, 0.3) is 11.4 Å². The van der Waals surface area contributed by atoms with Crippen LogP contribution in [-0.4, -0.2) is 57.0 Å². The number of aliphatic hydroxyl groups is 2. The monoisotopic (exact) mass is 359 g/mol. The zero-order valence-electron chi connectivity index (χ0n) is 15.0. The number of piperidine rings is 1. The quantitative estimate of drug-likeness (QED) is 0.812. The number of hydrogen-bond donors (Lipinski definition) is 2. The second-order valence-corrected chi connectivity index (χ2v) is 6.87. The summed E-state index contributed by atoms with van der Waals surface area (Å²) in [5.41, 5.74) is 2.08. The minimum atomic E-state index is -0.647. The first-order valence-electron chi connectivity index (χ1n) is 9.03. The van der Waals surface area contributed by atoms with Crippen molar-refractivity contribution in [3.8, 4) is 11.4 Å². The lowest BCUT2D eigenvalue weighted by Crippen LogP contribution is -2.47. The Labute approximate surface area is 152 Å². The maximum Gasteiger partial charge on any atom is 0.226 e. The molecule has 0 spiro atoms. The number of rotatable bonds is 6. The highest BCUT2D eigenvalue weighted by Crippen LogP contribution is 2.19. The van der Waals surface area contributed by atoms with E-state index in [9.17, 15) is 9.90 Å². The Balaban J connectivity index is 1.46. The molecule has 0 radical (unpaired) electrons. The topological polar surface area (TPSA) is 99.7 Å². The summed E-state index contributed by atoms with van der Waals surface area (Å²) in [4.78, 5) is 18.3. The Morgan fingerprint density at radius 2 is 2.12 bits per heavy atom. The summed E-state index contributed by atoms with van der Waals surface area (Å²) in [5, 5.41) is 23.1. The average molecular weight is 359 g/mol. The number of hydrogen-bond acceptors (Lipinski definition) is 6. The van der Waals surface area contributed by atoms with E-state index in [2.05, 4.69) is 10.1 Å². The Hall–Kier alpha value is -2.25. The van der Waals surface area contributed by atoms with Crippen molar-refractivity contribution in [3.05, 3.63) is 35.7 Å². The molecular formula is C19H25N3O4. The first kappa shape index (κ1) is 18.5. The van der Waals surface area contributed by atoms with Crippen LogP contribution in [0.1, 0.15) is 30.7 Å². The van der Waals surface area contributed by atoms with E-state index in [1.165, 1.54) is 5.56 Å². The number of benzene rings is 1. The Kier molecular flexibility index (Phi) is 6.00. The van der Waals surface area contributed by atoms with Crippen LogP contribution in [-0.2, 0) is 11.2 Å². The van der Waals surface area contributed by atoms with Gasteiger partial charge in [0.15, 0.2) is 0 Å². The van der Waals surface area contributed by atoms with Crippen molar-refractivity contribution in [2.45, 2.75) is 38.7 Å². The number of nitrogens with zero attached hydrogens (tertiary/aromatic N) is 3. The molecule has 7 heteroatoms. The van der Waals surface area contributed by atoms with Crippen LogP contribution < -0.4 is 0 Å². The van der Waals surface area contributed by atoms with Crippen LogP contribution in [0.5, 0.6) is 0 Å². The fourth-order valence-corrected chi connectivity index (χ4v) is 3.14. The summed E-state index contributed by atoms with van der Waals surface area (Å²) in [7, 11) is 0. The van der Waals surface area contributed by atoms with E-state index in [1.54, 1.807) is 4.90 Å². The van der Waals surface area contributed by atoms with Gasteiger partial charge in [-0.1, -0.05) is 35.0 Å². The van der Waals surface area contributed by atoms with E-state index in [0.717, 1.165) is 5.56 Å². The number of aryl methyl sites for hydroxylation is 2. The summed E-state index contributed by atoms with van der Waals surface area (Å²) < 4.78 is 5.27. The standard InChI is InChI=1S/C19H25N3O4/c1-13-5-7-14(8-6-13)19-20-17(26-21-19)3-2-4-18(25)22-10-9-15(12-23)16(24)11-22/h5-8,15-16,23-24H,2-4,9-12H2,1H3/t15-,16-/m1/s1. The second kappa shape index (κ2) is 8.42. The molecule has 2 N–H and O–H groups in total. The molecule has 26 heavy (non-hydrogen) atoms. The zero-order chi connectivity index (χ0) is 18.5. The first-order valence-corrected chi connectivity index (χ1v) is 9.03. The number of carbonyl (C=O) groups excluding carboxylic acids is 1. The normalized spacial score (nSPS) is 20.3. The van der Waals surface area contributed by atoms with E-state index in [4.69, 9.17) is 9.63 Å². The molecule has 2 heterocycles. The molecular weight excluding hydrogens is 334 g/mol. The maximum atomic E-state index is 12.3. The fraction of sp³-hybridized carbons (Fsp3) is 0.526. The van der Waals surface area contributed by atoms with Crippen LogP contribution in [0.3, 0.4) is 0 Å². The van der Waals surface area contributed by atoms with Crippen LogP contribution in [0, 0.1) is 12.8 Å². The molecule has 1 aromatic heterocycles. The minimum absolute atomic E-state index is 0.0127. The van der Waals surface area contributed by atoms with E-state index < -0.39 is 6.10 Å². The van der Waals surface area contributed by atoms with Crippen LogP contribution in [0.2, 0.25) is 0 Å². The van der Waals surface area contributed by atoms with Gasteiger partial charge in [-0.25, -0.2) is 0 Å². The van der Waals surface area contributed by atoms with Crippen molar-refractivity contribution in [1.29, 1.82) is 0 Å². The number of amides is 1. The highest BCUT2D eigenvalue weighted by atomic mass is 16.5. The summed E-state index contributed by atoms with van der Waals surface area (Å²) in [5.74, 6) is 0.962. The molecule has 2 aromatic rings. The lowest BCUT2D eigenvalue weighted by atomic mass is 9.94. The zero-order valence-corrected chi connectivity index (χ0v) is 15.0. The number of likely N-dealkylation sites (tertiary alicyclic amines) is 1. The molecule has 0 aliphatic carbocycles. The van der Waals surface area contributed by atoms with Gasteiger partial charge in [-0.05, 0) is 19.8 Å². The molecule has 1 aliphatic heterocycles. The maximum absolute atomic E-state index is 12.3. The number of aliphatic hydroxyl groups excluding tert-OH is 2. The summed E-state index contributed by atoms with van der Waals surface area (Å²) in [6.07, 6.45) is 1.52. The minimum Gasteiger partial charge on any atom is -0.396 e. The first-order chi connectivity index (χ1) is 12.6. The number of β-amino-alcohol motifs (C(OH)–C–C–N with tert-alkyl or cyclic N) is 1. The lowest BCUT2D eigenvalue weighted by molar-refractivity contribution is -0.136. The Bertz CT molecular complexity index is 729. The number of aromatic nitrogens is 2. The predicted molar refractivity (Wildman–Crippen MR) is 95.2 cm³/mol. The van der Waals surface area contributed by atoms with Gasteiger partial charge in [-0.3, -0.25) is 4.79 Å². The highest BCUT2D eigenvalue weighted by Gasteiger charge is 2.29. The highest BCUT2D eigenvalue weighted by molar-refractivity contribution is 5.76. The number of carbonyl (C=O) groups is 1. The van der Waals surface area contributed by atoms with Gasteiger partial charge in [0, 0.05) is 44.0 Å². The smallest absolute Gasteiger partial charge is 0.226 e. The van der Waals surface area contributed by atoms with Crippen molar-refractivity contribution >= 4 is 5.91 Å². The van der Waals surface area contributed by atoms with Crippen molar-refractivity contribution in [1.82, 2.24) is 15.0 Å². The Morgan fingerprint density at radius 1 is 1.35 bits per heavy atom. The van der Waals surface area contributed by atoms with Crippen molar-refractivity contribution in [2.24, 2.45) is 5.92 Å². The van der Waals surface area contributed by atoms with Crippen LogP contribution >= 0.6 is 0 Å². The third-order valence-corrected chi connectivity index (χ3v) is 4.87. The van der Waals surface area contributed by atoms with Crippen LogP contribution in [0.4, 0.5) is 0 Å². The second-order valence-electron chi connectivity index (χ2n) is 6.87. The van der Waals surface area contributed by atoms with E-state index >= 15 is 0 Å². The SMILES string of the molecule is Cc1ccc(-c2noc(CCCC(=O)N3CC[C@H](CO)[C@H](O)C3)n2)cc1. The van der Waals surface area contributed by atoms with Crippen molar-refractivity contribution in [2.75, 3.05) is 19.7 Å². The largest absolute Gasteiger partial charge is 0.396 e. The van der Waals surface area contributed by atoms with Gasteiger partial charge in [0.25, 0.3) is 0 Å². The van der Waals surface area contributed by atoms with Gasteiger partial charge in [0.1, 0.15) is 0 Å². The molecule has 1 saturated heterocycles. The molecule has 2 atom stereocenters. The predicted octanol–water partition coefficient (Wildman–Crippen LogP) is 1.57. The third kappa shape index (κ3) is 4.47. The summed E-state index contributed by atoms with van der Waals surface area (Å²) in [6.45, 7) is 2.86. The molecule has 1 aromatic carbocycles. The van der Waals surface area contributed by atoms with E-state index in [1.807, 2.05) is 31.2 Å². The average Bonchev–Trinajstić information content (AvgIpc) is 3.11. The summed E-state index contributed by atoms with van der Waals surface area (Å²) >= 11 is 0. The molecule has 0 saturated carbocycles. The Morgan fingerprint density at radius 3 is 2.81 bits per heavy atom. The van der Waals surface area contributed by atoms with Gasteiger partial charge in [-0.15, -0.1) is 0 Å². The van der Waals surface area contributed by atoms with Gasteiger partial charge in [-0.2, -0.15) is 4.98 Å². The molecule has 1 aliphatic rings. The molecule has 1 amide bonds. The molecule has 7 nitrogen and oxygen atoms in total. The molecule has 3 rings (SSSR count).